The van der Waals surface area contributed by atoms with Crippen LogP contribution in [0.4, 0.5) is 22.0 Å². The molecule has 6 heteroatoms. The maximum Gasteiger partial charge on any atom is 0.453 e. The van der Waals surface area contributed by atoms with Crippen molar-refractivity contribution in [3.05, 3.63) is 0 Å². The molecule has 1 N–H and O–H groups in total. The quantitative estimate of drug-likeness (QED) is 0.661. The summed E-state index contributed by atoms with van der Waals surface area (Å²) >= 11 is 0. The van der Waals surface area contributed by atoms with Gasteiger partial charge in [0, 0.05) is 6.42 Å². The maximum absolute atomic E-state index is 12.2. The average Bonchev–Trinajstić information content (AvgIpc) is 2.42. The van der Waals surface area contributed by atoms with Gasteiger partial charge in [-0.1, -0.05) is 0 Å². The molecule has 1 aliphatic carbocycles. The summed E-state index contributed by atoms with van der Waals surface area (Å²) in [5, 5.41) is 8.85. The van der Waals surface area contributed by atoms with Gasteiger partial charge in [-0.15, -0.1) is 0 Å². The van der Waals surface area contributed by atoms with Crippen LogP contribution in [0.25, 0.3) is 0 Å². The highest BCUT2D eigenvalue weighted by molar-refractivity contribution is 4.98. The van der Waals surface area contributed by atoms with Crippen molar-refractivity contribution in [2.24, 2.45) is 0 Å². The molecule has 0 bridgehead atoms. The van der Waals surface area contributed by atoms with E-state index >= 15 is 0 Å². The maximum atomic E-state index is 12.2. The van der Waals surface area contributed by atoms with Crippen molar-refractivity contribution in [3.8, 4) is 0 Å². The van der Waals surface area contributed by atoms with E-state index < -0.39 is 24.1 Å². The Morgan fingerprint density at radius 2 is 1.50 bits per heavy atom. The second-order valence-electron chi connectivity index (χ2n) is 3.10. The average molecular weight is 190 g/mol. The normalized spacial score (nSPS) is 22.5. The molecule has 0 radical (unpaired) electrons. The minimum Gasteiger partial charge on any atom is -0.390 e. The van der Waals surface area contributed by atoms with Gasteiger partial charge >= 0.3 is 12.1 Å². The number of hydrogen-bond acceptors (Lipinski definition) is 1. The van der Waals surface area contributed by atoms with Gasteiger partial charge in [0.15, 0.2) is 0 Å². The fourth-order valence-corrected chi connectivity index (χ4v) is 0.835. The van der Waals surface area contributed by atoms with Crippen LogP contribution in [0.3, 0.4) is 0 Å². The molecule has 0 aromatic rings. The summed E-state index contributed by atoms with van der Waals surface area (Å²) < 4.78 is 59.0. The molecular formula is C6H7F5O. The Morgan fingerprint density at radius 3 is 1.75 bits per heavy atom. The Bertz CT molecular complexity index is 181. The van der Waals surface area contributed by atoms with Crippen molar-refractivity contribution in [1.29, 1.82) is 0 Å². The largest absolute Gasteiger partial charge is 0.453 e. The third-order valence-electron chi connectivity index (χ3n) is 1.79. The van der Waals surface area contributed by atoms with Crippen LogP contribution in [0.15, 0.2) is 0 Å². The van der Waals surface area contributed by atoms with Gasteiger partial charge < -0.3 is 5.11 Å². The number of halogens is 5. The summed E-state index contributed by atoms with van der Waals surface area (Å²) in [7, 11) is 0. The molecule has 1 fully saturated rings. The van der Waals surface area contributed by atoms with E-state index in [4.69, 9.17) is 5.11 Å². The van der Waals surface area contributed by atoms with E-state index in [9.17, 15) is 22.0 Å². The van der Waals surface area contributed by atoms with E-state index in [1.165, 1.54) is 0 Å². The molecular weight excluding hydrogens is 183 g/mol. The Hall–Kier alpha value is -0.390. The summed E-state index contributed by atoms with van der Waals surface area (Å²) in [5.74, 6) is -4.77. The second kappa shape index (κ2) is 2.31. The van der Waals surface area contributed by atoms with Crippen molar-refractivity contribution >= 4 is 0 Å². The SMILES string of the molecule is OC1(CC(F)(F)C(F)(F)F)CC1. The topological polar surface area (TPSA) is 20.2 Å². The standard InChI is InChI=1S/C6H7F5O/c7-5(8,6(9,10)11)3-4(12)1-2-4/h12H,1-3H2. The number of rotatable bonds is 2. The highest BCUT2D eigenvalue weighted by Crippen LogP contribution is 2.48. The fraction of sp³-hybridized carbons (Fsp3) is 1.00. The van der Waals surface area contributed by atoms with Crippen LogP contribution in [0, 0.1) is 0 Å². The summed E-state index contributed by atoms with van der Waals surface area (Å²) in [6, 6.07) is 0. The van der Waals surface area contributed by atoms with Crippen LogP contribution in [0.1, 0.15) is 19.3 Å². The van der Waals surface area contributed by atoms with Gasteiger partial charge in [0.25, 0.3) is 0 Å². The molecule has 1 nitrogen and oxygen atoms in total. The zero-order valence-corrected chi connectivity index (χ0v) is 5.96. The van der Waals surface area contributed by atoms with E-state index in [0.29, 0.717) is 0 Å². The van der Waals surface area contributed by atoms with E-state index in [2.05, 4.69) is 0 Å². The van der Waals surface area contributed by atoms with E-state index in [0.717, 1.165) is 0 Å². The van der Waals surface area contributed by atoms with Crippen molar-refractivity contribution in [2.45, 2.75) is 37.0 Å². The lowest BCUT2D eigenvalue weighted by Crippen LogP contribution is -2.40. The minimum absolute atomic E-state index is 0.0265. The Kier molecular flexibility index (Phi) is 1.86. The highest BCUT2D eigenvalue weighted by atomic mass is 19.4. The first-order valence-corrected chi connectivity index (χ1v) is 3.33. The molecule has 0 aromatic heterocycles. The third kappa shape index (κ3) is 1.85. The predicted octanol–water partition coefficient (Wildman–Crippen LogP) is 2.10. The second-order valence-corrected chi connectivity index (χ2v) is 3.10. The van der Waals surface area contributed by atoms with Gasteiger partial charge in [0.2, 0.25) is 0 Å². The number of hydrogen-bond donors (Lipinski definition) is 1. The molecule has 0 heterocycles. The molecule has 0 unspecified atom stereocenters. The first-order valence-electron chi connectivity index (χ1n) is 3.33. The smallest absolute Gasteiger partial charge is 0.390 e. The Balaban J connectivity index is 2.60. The monoisotopic (exact) mass is 190 g/mol. The molecule has 1 aliphatic rings. The van der Waals surface area contributed by atoms with Gasteiger partial charge in [-0.2, -0.15) is 22.0 Å². The van der Waals surface area contributed by atoms with E-state index in [1.54, 1.807) is 0 Å². The van der Waals surface area contributed by atoms with Gasteiger partial charge in [0.1, 0.15) is 0 Å². The number of aliphatic hydroxyl groups is 1. The Labute approximate surface area is 65.2 Å². The van der Waals surface area contributed by atoms with Crippen LogP contribution in [0.5, 0.6) is 0 Å². The van der Waals surface area contributed by atoms with Crippen LogP contribution in [-0.4, -0.2) is 22.8 Å². The lowest BCUT2D eigenvalue weighted by Gasteiger charge is -2.21. The Morgan fingerprint density at radius 1 is 1.08 bits per heavy atom. The minimum atomic E-state index is -5.55. The first-order chi connectivity index (χ1) is 5.16. The van der Waals surface area contributed by atoms with Crippen LogP contribution in [-0.2, 0) is 0 Å². The van der Waals surface area contributed by atoms with E-state index in [1.807, 2.05) is 0 Å². The van der Waals surface area contributed by atoms with Gasteiger partial charge in [-0.3, -0.25) is 0 Å². The zero-order chi connectivity index (χ0) is 9.62. The molecule has 0 spiro atoms. The lowest BCUT2D eigenvalue weighted by atomic mass is 10.1. The van der Waals surface area contributed by atoms with Crippen LogP contribution >= 0.6 is 0 Å². The van der Waals surface area contributed by atoms with Crippen molar-refractivity contribution in [1.82, 2.24) is 0 Å². The molecule has 0 aliphatic heterocycles. The van der Waals surface area contributed by atoms with Crippen LogP contribution in [0.2, 0.25) is 0 Å². The summed E-state index contributed by atoms with van der Waals surface area (Å²) in [4.78, 5) is 0. The third-order valence-corrected chi connectivity index (χ3v) is 1.79. The molecule has 72 valence electrons. The fourth-order valence-electron chi connectivity index (χ4n) is 0.835. The molecule has 1 rings (SSSR count). The molecule has 0 atom stereocenters. The van der Waals surface area contributed by atoms with Gasteiger partial charge in [-0.25, -0.2) is 0 Å². The predicted molar refractivity (Wildman–Crippen MR) is 29.8 cm³/mol. The molecule has 0 aromatic carbocycles. The van der Waals surface area contributed by atoms with Crippen LogP contribution < -0.4 is 0 Å². The van der Waals surface area contributed by atoms with Crippen molar-refractivity contribution in [3.63, 3.8) is 0 Å². The molecule has 0 amide bonds. The van der Waals surface area contributed by atoms with Gasteiger partial charge in [0.05, 0.1) is 5.60 Å². The van der Waals surface area contributed by atoms with Crippen molar-refractivity contribution in [2.75, 3.05) is 0 Å². The molecule has 12 heavy (non-hydrogen) atoms. The van der Waals surface area contributed by atoms with Crippen molar-refractivity contribution < 1.29 is 27.1 Å². The lowest BCUT2D eigenvalue weighted by molar-refractivity contribution is -0.291. The zero-order valence-electron chi connectivity index (χ0n) is 5.96. The summed E-state index contributed by atoms with van der Waals surface area (Å²) in [6.45, 7) is 0. The molecule has 0 saturated heterocycles. The van der Waals surface area contributed by atoms with E-state index in [-0.39, 0.29) is 12.8 Å². The van der Waals surface area contributed by atoms with Gasteiger partial charge in [-0.05, 0) is 12.8 Å². The highest BCUT2D eigenvalue weighted by Gasteiger charge is 2.62. The number of alkyl halides is 5. The first kappa shape index (κ1) is 9.70. The summed E-state index contributed by atoms with van der Waals surface area (Å²) in [5.41, 5.74) is -1.78. The molecule has 1 saturated carbocycles. The summed E-state index contributed by atoms with van der Waals surface area (Å²) in [6.07, 6.45) is -7.01.